The van der Waals surface area contributed by atoms with Gasteiger partial charge in [0.1, 0.15) is 0 Å². The molecule has 0 bridgehead atoms. The van der Waals surface area contributed by atoms with E-state index in [0.717, 1.165) is 24.5 Å². The molecule has 1 aliphatic heterocycles. The quantitative estimate of drug-likeness (QED) is 0.878. The zero-order chi connectivity index (χ0) is 11.4. The van der Waals surface area contributed by atoms with Gasteiger partial charge in [-0.2, -0.15) is 0 Å². The van der Waals surface area contributed by atoms with Crippen LogP contribution < -0.4 is 0 Å². The lowest BCUT2D eigenvalue weighted by Crippen LogP contribution is -2.21. The number of thiazole rings is 1. The van der Waals surface area contributed by atoms with Crippen molar-refractivity contribution in [1.29, 1.82) is 0 Å². The Labute approximate surface area is 100 Å². The molecule has 0 aliphatic carbocycles. The van der Waals surface area contributed by atoms with E-state index in [9.17, 15) is 5.11 Å². The molecule has 0 spiro atoms. The average Bonchev–Trinajstić information content (AvgIpc) is 2.66. The Bertz CT molecular complexity index is 319. The summed E-state index contributed by atoms with van der Waals surface area (Å²) in [6.45, 7) is 2.71. The molecule has 0 radical (unpaired) electrons. The molecule has 2 heterocycles. The van der Waals surface area contributed by atoms with Crippen LogP contribution in [-0.4, -0.2) is 28.9 Å². The number of aliphatic hydroxyl groups is 1. The van der Waals surface area contributed by atoms with Gasteiger partial charge in [-0.25, -0.2) is 4.98 Å². The minimum Gasteiger partial charge on any atom is -0.393 e. The number of ether oxygens (including phenoxy) is 1. The van der Waals surface area contributed by atoms with Gasteiger partial charge >= 0.3 is 0 Å². The normalized spacial score (nSPS) is 23.2. The summed E-state index contributed by atoms with van der Waals surface area (Å²) in [5, 5.41) is 10.4. The lowest BCUT2D eigenvalue weighted by atomic mass is 10.1. The minimum atomic E-state index is -0.278. The van der Waals surface area contributed by atoms with E-state index in [0.29, 0.717) is 12.5 Å². The summed E-state index contributed by atoms with van der Waals surface area (Å²) in [5.74, 6) is 0. The second kappa shape index (κ2) is 5.75. The Morgan fingerprint density at radius 2 is 2.50 bits per heavy atom. The number of aromatic nitrogens is 1. The van der Waals surface area contributed by atoms with Gasteiger partial charge in [0.15, 0.2) is 0 Å². The van der Waals surface area contributed by atoms with Gasteiger partial charge < -0.3 is 9.84 Å². The van der Waals surface area contributed by atoms with Crippen molar-refractivity contribution in [3.05, 3.63) is 16.1 Å². The molecular formula is C12H19NO2S. The van der Waals surface area contributed by atoms with Crippen molar-refractivity contribution in [2.24, 2.45) is 0 Å². The number of rotatable bonds is 4. The van der Waals surface area contributed by atoms with Crippen LogP contribution in [0, 0.1) is 0 Å². The van der Waals surface area contributed by atoms with Crippen LogP contribution in [0.4, 0.5) is 0 Å². The summed E-state index contributed by atoms with van der Waals surface area (Å²) in [6, 6.07) is 0. The summed E-state index contributed by atoms with van der Waals surface area (Å²) < 4.78 is 5.69. The van der Waals surface area contributed by atoms with Crippen LogP contribution in [0.1, 0.15) is 36.1 Å². The van der Waals surface area contributed by atoms with Crippen molar-refractivity contribution in [1.82, 2.24) is 4.98 Å². The number of hydrogen-bond acceptors (Lipinski definition) is 4. The van der Waals surface area contributed by atoms with Gasteiger partial charge in [0, 0.05) is 30.5 Å². The Hall–Kier alpha value is -0.450. The number of nitrogens with zero attached hydrogens (tertiary/aromatic N) is 1. The molecule has 2 rings (SSSR count). The standard InChI is InChI=1S/C12H19NO2S/c1-9(14)6-11-8-13-12(16-11)7-10-4-2-3-5-15-10/h8-10,14H,2-7H2,1H3. The molecule has 3 nitrogen and oxygen atoms in total. The fourth-order valence-electron chi connectivity index (χ4n) is 1.99. The third-order valence-corrected chi connectivity index (χ3v) is 3.82. The Balaban J connectivity index is 1.86. The van der Waals surface area contributed by atoms with Crippen molar-refractivity contribution in [2.45, 2.75) is 51.2 Å². The first-order valence-corrected chi connectivity index (χ1v) is 6.79. The van der Waals surface area contributed by atoms with Gasteiger partial charge in [-0.15, -0.1) is 11.3 Å². The van der Waals surface area contributed by atoms with Gasteiger partial charge in [-0.1, -0.05) is 0 Å². The molecule has 1 aliphatic rings. The number of aliphatic hydroxyl groups excluding tert-OH is 1. The second-order valence-corrected chi connectivity index (χ2v) is 5.67. The maximum atomic E-state index is 9.29. The molecule has 2 atom stereocenters. The molecule has 4 heteroatoms. The van der Waals surface area contributed by atoms with Crippen LogP contribution in [0.15, 0.2) is 6.20 Å². The fraction of sp³-hybridized carbons (Fsp3) is 0.750. The molecule has 1 aromatic rings. The highest BCUT2D eigenvalue weighted by Gasteiger charge is 2.16. The second-order valence-electron chi connectivity index (χ2n) is 4.47. The lowest BCUT2D eigenvalue weighted by molar-refractivity contribution is 0.0168. The highest BCUT2D eigenvalue weighted by atomic mass is 32.1. The van der Waals surface area contributed by atoms with Gasteiger partial charge in [0.05, 0.1) is 17.2 Å². The first kappa shape index (κ1) is 12.0. The third kappa shape index (κ3) is 3.54. The molecule has 1 aromatic heterocycles. The molecule has 0 saturated carbocycles. The molecular weight excluding hydrogens is 222 g/mol. The van der Waals surface area contributed by atoms with Crippen molar-refractivity contribution < 1.29 is 9.84 Å². The summed E-state index contributed by atoms with van der Waals surface area (Å²) in [4.78, 5) is 5.56. The maximum absolute atomic E-state index is 9.29. The summed E-state index contributed by atoms with van der Waals surface area (Å²) in [7, 11) is 0. The minimum absolute atomic E-state index is 0.278. The number of hydrogen-bond donors (Lipinski definition) is 1. The molecule has 1 N–H and O–H groups in total. The molecule has 90 valence electrons. The smallest absolute Gasteiger partial charge is 0.0953 e. The van der Waals surface area contributed by atoms with Gasteiger partial charge in [-0.3, -0.25) is 0 Å². The van der Waals surface area contributed by atoms with E-state index >= 15 is 0 Å². The average molecular weight is 241 g/mol. The van der Waals surface area contributed by atoms with Crippen LogP contribution in [-0.2, 0) is 17.6 Å². The molecule has 2 unspecified atom stereocenters. The van der Waals surface area contributed by atoms with Crippen molar-refractivity contribution in [3.63, 3.8) is 0 Å². The molecule has 0 aromatic carbocycles. The first-order chi connectivity index (χ1) is 7.74. The molecule has 1 fully saturated rings. The zero-order valence-corrected chi connectivity index (χ0v) is 10.5. The van der Waals surface area contributed by atoms with Crippen LogP contribution in [0.25, 0.3) is 0 Å². The lowest BCUT2D eigenvalue weighted by Gasteiger charge is -2.21. The van der Waals surface area contributed by atoms with E-state index in [1.807, 2.05) is 13.1 Å². The first-order valence-electron chi connectivity index (χ1n) is 5.97. The Morgan fingerprint density at radius 1 is 1.62 bits per heavy atom. The van der Waals surface area contributed by atoms with Gasteiger partial charge in [0.2, 0.25) is 0 Å². The van der Waals surface area contributed by atoms with Crippen molar-refractivity contribution in [2.75, 3.05) is 6.61 Å². The van der Waals surface area contributed by atoms with Crippen LogP contribution >= 0.6 is 11.3 Å². The van der Waals surface area contributed by atoms with E-state index < -0.39 is 0 Å². The highest BCUT2D eigenvalue weighted by Crippen LogP contribution is 2.21. The van der Waals surface area contributed by atoms with E-state index in [4.69, 9.17) is 4.74 Å². The van der Waals surface area contributed by atoms with Crippen LogP contribution in [0.2, 0.25) is 0 Å². The highest BCUT2D eigenvalue weighted by molar-refractivity contribution is 7.11. The van der Waals surface area contributed by atoms with E-state index in [1.165, 1.54) is 17.7 Å². The Kier molecular flexibility index (Phi) is 4.32. The summed E-state index contributed by atoms with van der Waals surface area (Å²) >= 11 is 1.70. The van der Waals surface area contributed by atoms with E-state index in [2.05, 4.69) is 4.98 Å². The third-order valence-electron chi connectivity index (χ3n) is 2.77. The zero-order valence-electron chi connectivity index (χ0n) is 9.69. The predicted octanol–water partition coefficient (Wildman–Crippen LogP) is 2.18. The summed E-state index contributed by atoms with van der Waals surface area (Å²) in [6.07, 6.45) is 7.24. The van der Waals surface area contributed by atoms with Crippen LogP contribution in [0.5, 0.6) is 0 Å². The Morgan fingerprint density at radius 3 is 3.19 bits per heavy atom. The molecule has 1 saturated heterocycles. The monoisotopic (exact) mass is 241 g/mol. The largest absolute Gasteiger partial charge is 0.393 e. The summed E-state index contributed by atoms with van der Waals surface area (Å²) in [5.41, 5.74) is 0. The van der Waals surface area contributed by atoms with E-state index in [-0.39, 0.29) is 6.10 Å². The SMILES string of the molecule is CC(O)Cc1cnc(CC2CCCCO2)s1. The van der Waals surface area contributed by atoms with E-state index in [1.54, 1.807) is 11.3 Å². The topological polar surface area (TPSA) is 42.4 Å². The van der Waals surface area contributed by atoms with Gasteiger partial charge in [0.25, 0.3) is 0 Å². The van der Waals surface area contributed by atoms with Crippen molar-refractivity contribution >= 4 is 11.3 Å². The molecule has 16 heavy (non-hydrogen) atoms. The van der Waals surface area contributed by atoms with Crippen molar-refractivity contribution in [3.8, 4) is 0 Å². The van der Waals surface area contributed by atoms with Gasteiger partial charge in [-0.05, 0) is 26.2 Å². The molecule has 0 amide bonds. The maximum Gasteiger partial charge on any atom is 0.0953 e. The fourth-order valence-corrected chi connectivity index (χ4v) is 3.10. The van der Waals surface area contributed by atoms with Crippen LogP contribution in [0.3, 0.4) is 0 Å². The predicted molar refractivity (Wildman–Crippen MR) is 64.8 cm³/mol.